The molecule has 0 atom stereocenters. The van der Waals surface area contributed by atoms with Gasteiger partial charge in [0.2, 0.25) is 0 Å². The second kappa shape index (κ2) is 18.1. The van der Waals surface area contributed by atoms with Crippen LogP contribution in [-0.2, 0) is 0 Å². The first-order chi connectivity index (χ1) is 17.1. The van der Waals surface area contributed by atoms with E-state index in [0.717, 1.165) is 13.0 Å². The highest BCUT2D eigenvalue weighted by Gasteiger charge is 2.11. The average molecular weight is 501 g/mol. The molecule has 1 heterocycles. The molecule has 0 amide bonds. The minimum atomic E-state index is -0.634. The smallest absolute Gasteiger partial charge is 0.348 e. The molecule has 0 saturated heterocycles. The molecule has 1 aromatic carbocycles. The van der Waals surface area contributed by atoms with Gasteiger partial charge in [0.05, 0.1) is 5.39 Å². The van der Waals surface area contributed by atoms with E-state index in [2.05, 4.69) is 17.2 Å². The van der Waals surface area contributed by atoms with E-state index in [1.54, 1.807) is 24.3 Å². The van der Waals surface area contributed by atoms with Crippen molar-refractivity contribution in [3.63, 3.8) is 0 Å². The maximum Gasteiger partial charge on any atom is 0.348 e. The highest BCUT2D eigenvalue weighted by atomic mass is 32.1. The standard InChI is InChI=1S/C29H44N2O3S/c1-2-3-4-5-6-7-8-9-10-11-12-13-14-15-16-19-22-30-29(35)31-23-25-27(32)24-20-17-18-21-26(24)34-28(25)33/h17-18,20-21,23,32H,2-16,19,22H2,1H3,(H,30,35). The van der Waals surface area contributed by atoms with E-state index < -0.39 is 5.63 Å². The number of hydrogen-bond donors (Lipinski definition) is 2. The Morgan fingerprint density at radius 3 is 1.97 bits per heavy atom. The van der Waals surface area contributed by atoms with Crippen LogP contribution in [0.1, 0.15) is 115 Å². The number of nitrogens with one attached hydrogen (secondary N) is 1. The summed E-state index contributed by atoms with van der Waals surface area (Å²) >= 11 is 5.22. The topological polar surface area (TPSA) is 74.8 Å². The number of nitrogens with zero attached hydrogens (tertiary/aromatic N) is 1. The van der Waals surface area contributed by atoms with Gasteiger partial charge >= 0.3 is 5.63 Å². The van der Waals surface area contributed by atoms with Gasteiger partial charge in [-0.3, -0.25) is 0 Å². The first-order valence-electron chi connectivity index (χ1n) is 13.7. The minimum Gasteiger partial charge on any atom is -0.506 e. The number of fused-ring (bicyclic) bond motifs is 1. The van der Waals surface area contributed by atoms with Gasteiger partial charge in [-0.1, -0.05) is 115 Å². The molecule has 35 heavy (non-hydrogen) atoms. The molecule has 0 saturated carbocycles. The van der Waals surface area contributed by atoms with Crippen LogP contribution in [0.2, 0.25) is 0 Å². The number of unbranched alkanes of at least 4 members (excludes halogenated alkanes) is 15. The lowest BCUT2D eigenvalue weighted by Gasteiger charge is -2.05. The van der Waals surface area contributed by atoms with Crippen LogP contribution in [0.15, 0.2) is 38.5 Å². The van der Waals surface area contributed by atoms with Crippen molar-refractivity contribution in [2.75, 3.05) is 6.54 Å². The molecule has 0 fully saturated rings. The van der Waals surface area contributed by atoms with Gasteiger partial charge in [0.25, 0.3) is 0 Å². The van der Waals surface area contributed by atoms with Gasteiger partial charge in [-0.15, -0.1) is 0 Å². The predicted octanol–water partition coefficient (Wildman–Crippen LogP) is 8.05. The molecule has 1 aromatic heterocycles. The van der Waals surface area contributed by atoms with Crippen LogP contribution in [0.3, 0.4) is 0 Å². The third-order valence-electron chi connectivity index (χ3n) is 6.44. The van der Waals surface area contributed by atoms with Crippen LogP contribution in [0.25, 0.3) is 11.0 Å². The van der Waals surface area contributed by atoms with E-state index in [9.17, 15) is 9.90 Å². The molecular formula is C29H44N2O3S. The molecule has 0 aliphatic carbocycles. The molecule has 5 nitrogen and oxygen atoms in total. The second-order valence-electron chi connectivity index (χ2n) is 9.44. The fourth-order valence-electron chi connectivity index (χ4n) is 4.30. The van der Waals surface area contributed by atoms with E-state index >= 15 is 0 Å². The van der Waals surface area contributed by atoms with Gasteiger partial charge in [-0.25, -0.2) is 9.79 Å². The SMILES string of the molecule is CCCCCCCCCCCCCCCCCCNC(=S)N=Cc1c(O)c2ccccc2oc1=O. The summed E-state index contributed by atoms with van der Waals surface area (Å²) in [5.41, 5.74) is -0.280. The normalized spacial score (nSPS) is 11.5. The second-order valence-corrected chi connectivity index (χ2v) is 9.83. The Kier molecular flexibility index (Phi) is 15.0. The Morgan fingerprint density at radius 1 is 0.886 bits per heavy atom. The maximum absolute atomic E-state index is 12.1. The molecule has 0 spiro atoms. The monoisotopic (exact) mass is 500 g/mol. The molecule has 2 aromatic rings. The van der Waals surface area contributed by atoms with E-state index in [4.69, 9.17) is 16.6 Å². The van der Waals surface area contributed by atoms with Crippen LogP contribution in [0.4, 0.5) is 0 Å². The summed E-state index contributed by atoms with van der Waals surface area (Å²) in [6, 6.07) is 6.85. The summed E-state index contributed by atoms with van der Waals surface area (Å²) in [6.45, 7) is 3.03. The maximum atomic E-state index is 12.1. The average Bonchev–Trinajstić information content (AvgIpc) is 2.85. The fourth-order valence-corrected chi connectivity index (χ4v) is 4.45. The number of para-hydroxylation sites is 1. The molecule has 0 radical (unpaired) electrons. The van der Waals surface area contributed by atoms with Crippen LogP contribution in [0, 0.1) is 0 Å². The van der Waals surface area contributed by atoms with Crippen LogP contribution in [-0.4, -0.2) is 23.0 Å². The van der Waals surface area contributed by atoms with Crippen molar-refractivity contribution in [3.8, 4) is 5.75 Å². The zero-order valence-electron chi connectivity index (χ0n) is 21.5. The lowest BCUT2D eigenvalue weighted by molar-refractivity contribution is 0.466. The van der Waals surface area contributed by atoms with Crippen molar-refractivity contribution in [2.45, 2.75) is 110 Å². The van der Waals surface area contributed by atoms with Crippen molar-refractivity contribution < 1.29 is 9.52 Å². The molecule has 2 rings (SSSR count). The third-order valence-corrected chi connectivity index (χ3v) is 6.69. The summed E-state index contributed by atoms with van der Waals surface area (Å²) in [5, 5.41) is 14.2. The van der Waals surface area contributed by atoms with Crippen LogP contribution < -0.4 is 10.9 Å². The molecule has 0 bridgehead atoms. The van der Waals surface area contributed by atoms with E-state index in [1.165, 1.54) is 103 Å². The highest BCUT2D eigenvalue weighted by molar-refractivity contribution is 7.80. The lowest BCUT2D eigenvalue weighted by Crippen LogP contribution is -2.21. The first kappa shape index (κ1) is 29.0. The van der Waals surface area contributed by atoms with Gasteiger partial charge in [-0.05, 0) is 30.8 Å². The Balaban J connectivity index is 1.46. The molecule has 0 aliphatic rings. The van der Waals surface area contributed by atoms with Crippen molar-refractivity contribution in [1.29, 1.82) is 0 Å². The number of benzene rings is 1. The van der Waals surface area contributed by atoms with Crippen molar-refractivity contribution in [1.82, 2.24) is 5.32 Å². The molecule has 194 valence electrons. The number of hydrogen-bond acceptors (Lipinski definition) is 4. The summed E-state index contributed by atoms with van der Waals surface area (Å²) in [6.07, 6.45) is 22.8. The number of aromatic hydroxyl groups is 1. The summed E-state index contributed by atoms with van der Waals surface area (Å²) < 4.78 is 5.23. The molecule has 0 aliphatic heterocycles. The Labute approximate surface area is 216 Å². The molecule has 2 N–H and O–H groups in total. The summed E-state index contributed by atoms with van der Waals surface area (Å²) in [4.78, 5) is 16.2. The number of aliphatic imine (C=N–C) groups is 1. The largest absolute Gasteiger partial charge is 0.506 e. The quantitative estimate of drug-likeness (QED) is 0.0937. The zero-order valence-corrected chi connectivity index (χ0v) is 22.3. The lowest BCUT2D eigenvalue weighted by atomic mass is 10.0. The Hall–Kier alpha value is -2.21. The summed E-state index contributed by atoms with van der Waals surface area (Å²) in [5.74, 6) is -0.138. The highest BCUT2D eigenvalue weighted by Crippen LogP contribution is 2.24. The predicted molar refractivity (Wildman–Crippen MR) is 152 cm³/mol. The van der Waals surface area contributed by atoms with Crippen molar-refractivity contribution >= 4 is 34.5 Å². The minimum absolute atomic E-state index is 0.00950. The zero-order chi connectivity index (χ0) is 25.1. The fraction of sp³-hybridized carbons (Fsp3) is 0.621. The first-order valence-corrected chi connectivity index (χ1v) is 14.1. The van der Waals surface area contributed by atoms with Gasteiger partial charge in [0, 0.05) is 12.8 Å². The summed E-state index contributed by atoms with van der Waals surface area (Å²) in [7, 11) is 0. The molecule has 6 heteroatoms. The number of thiocarbonyl (C=S) groups is 1. The van der Waals surface area contributed by atoms with Crippen molar-refractivity contribution in [3.05, 3.63) is 40.2 Å². The van der Waals surface area contributed by atoms with E-state index in [0.29, 0.717) is 16.1 Å². The van der Waals surface area contributed by atoms with Crippen LogP contribution >= 0.6 is 12.2 Å². The van der Waals surface area contributed by atoms with Gasteiger partial charge in [-0.2, -0.15) is 0 Å². The Morgan fingerprint density at radius 2 is 1.40 bits per heavy atom. The van der Waals surface area contributed by atoms with Gasteiger partial charge in [0.1, 0.15) is 16.9 Å². The van der Waals surface area contributed by atoms with Crippen molar-refractivity contribution in [2.24, 2.45) is 4.99 Å². The van der Waals surface area contributed by atoms with E-state index in [-0.39, 0.29) is 11.3 Å². The third kappa shape index (κ3) is 11.9. The van der Waals surface area contributed by atoms with E-state index in [1.807, 2.05) is 0 Å². The van der Waals surface area contributed by atoms with Gasteiger partial charge in [0.15, 0.2) is 5.11 Å². The van der Waals surface area contributed by atoms with Gasteiger partial charge < -0.3 is 14.8 Å². The number of rotatable bonds is 18. The Bertz CT molecular complexity index is 955. The molecular weight excluding hydrogens is 456 g/mol. The molecule has 0 unspecified atom stereocenters. The van der Waals surface area contributed by atoms with Crippen LogP contribution in [0.5, 0.6) is 5.75 Å².